The van der Waals surface area contributed by atoms with Gasteiger partial charge in [-0.05, 0) is 71.6 Å². The fourth-order valence-electron chi connectivity index (χ4n) is 7.11. The van der Waals surface area contributed by atoms with Crippen molar-refractivity contribution in [1.82, 2.24) is 0 Å². The van der Waals surface area contributed by atoms with Crippen LogP contribution >= 0.6 is 0 Å². The van der Waals surface area contributed by atoms with Gasteiger partial charge in [-0.1, -0.05) is 116 Å². The van der Waals surface area contributed by atoms with E-state index in [2.05, 4.69) is 4.89 Å². The molecule has 10 nitrogen and oxygen atoms in total. The number of carbonyl (C=O) groups is 3. The van der Waals surface area contributed by atoms with E-state index in [4.69, 9.17) is 24.2 Å². The van der Waals surface area contributed by atoms with Gasteiger partial charge in [0.15, 0.2) is 0 Å². The summed E-state index contributed by atoms with van der Waals surface area (Å²) in [5.41, 5.74) is 0. The number of aliphatic carboxylic acids is 1. The number of unbranched alkanes of at least 4 members (excludes halogenated alkanes) is 20. The number of carboxylic acid groups (broad SMARTS) is 1. The fraction of sp³-hybridized carbons (Fsp3) is 0.930. The predicted octanol–water partition coefficient (Wildman–Crippen LogP) is 10.8. The molecule has 0 amide bonds. The Kier molecular flexibility index (Phi) is 33.6. The van der Waals surface area contributed by atoms with Gasteiger partial charge in [-0.2, -0.15) is 0 Å². The smallest absolute Gasteiger partial charge is 0.306 e. The molecule has 0 radical (unpaired) electrons. The van der Waals surface area contributed by atoms with E-state index >= 15 is 0 Å². The predicted molar refractivity (Wildman–Crippen MR) is 210 cm³/mol. The topological polar surface area (TPSA) is 141 Å². The third kappa shape index (κ3) is 32.4. The molecular weight excluding hydrogens is 676 g/mol. The minimum atomic E-state index is -0.753. The summed E-state index contributed by atoms with van der Waals surface area (Å²) >= 11 is 0. The standard InChI is InChI=1S/C43H80O10/c1-3-50-39(36-38(43(46)47)29-30-40-41(53-40)35-37(2)44)27-21-17-13-9-7-5-4-6-8-10-14-18-23-31-49-32-24-19-15-11-12-16-20-25-33-51-42(45)28-22-26-34-52-48/h38-41,48H,3-36H2,1-2H3,(H,46,47). The van der Waals surface area contributed by atoms with E-state index in [-0.39, 0.29) is 36.7 Å². The van der Waals surface area contributed by atoms with Gasteiger partial charge in [0.05, 0.1) is 37.4 Å². The minimum absolute atomic E-state index is 0.000130. The number of carbonyl (C=O) groups excluding carboxylic acids is 2. The van der Waals surface area contributed by atoms with Crippen LogP contribution in [0, 0.1) is 5.92 Å². The summed E-state index contributed by atoms with van der Waals surface area (Å²) in [6.45, 7) is 6.73. The van der Waals surface area contributed by atoms with Gasteiger partial charge < -0.3 is 24.1 Å². The third-order valence-electron chi connectivity index (χ3n) is 10.4. The summed E-state index contributed by atoms with van der Waals surface area (Å²) in [5.74, 6) is -1.20. The Morgan fingerprint density at radius 2 is 1.11 bits per heavy atom. The van der Waals surface area contributed by atoms with E-state index in [0.29, 0.717) is 58.2 Å². The molecule has 53 heavy (non-hydrogen) atoms. The van der Waals surface area contributed by atoms with Crippen molar-refractivity contribution >= 4 is 17.7 Å². The molecular formula is C43H80O10. The van der Waals surface area contributed by atoms with Crippen LogP contribution < -0.4 is 0 Å². The number of ether oxygens (including phenoxy) is 4. The Bertz CT molecular complexity index is 868. The maximum atomic E-state index is 11.9. The van der Waals surface area contributed by atoms with Gasteiger partial charge in [0, 0.05) is 32.7 Å². The van der Waals surface area contributed by atoms with Crippen molar-refractivity contribution in [2.24, 2.45) is 5.92 Å². The van der Waals surface area contributed by atoms with Crippen molar-refractivity contribution in [3.63, 3.8) is 0 Å². The molecule has 0 saturated carbocycles. The van der Waals surface area contributed by atoms with Crippen LogP contribution in [0.2, 0.25) is 0 Å². The normalized spacial score (nSPS) is 16.4. The summed E-state index contributed by atoms with van der Waals surface area (Å²) in [5, 5.41) is 18.0. The number of hydrogen-bond donors (Lipinski definition) is 2. The average molecular weight is 757 g/mol. The van der Waals surface area contributed by atoms with E-state index in [1.54, 1.807) is 6.92 Å². The molecule has 1 fully saturated rings. The summed E-state index contributed by atoms with van der Waals surface area (Å²) in [6, 6.07) is 0. The lowest BCUT2D eigenvalue weighted by atomic mass is 9.92. The number of Topliss-reactive ketones (excluding diaryl/α,β-unsaturated/α-hetero) is 1. The Hall–Kier alpha value is -1.59. The van der Waals surface area contributed by atoms with Gasteiger partial charge in [-0.15, -0.1) is 0 Å². The molecule has 1 heterocycles. The lowest BCUT2D eigenvalue weighted by Gasteiger charge is -2.21. The van der Waals surface area contributed by atoms with Crippen molar-refractivity contribution in [1.29, 1.82) is 0 Å². The zero-order valence-electron chi connectivity index (χ0n) is 34.0. The van der Waals surface area contributed by atoms with E-state index < -0.39 is 11.9 Å². The molecule has 1 saturated heterocycles. The quantitative estimate of drug-likeness (QED) is 0.0203. The highest BCUT2D eigenvalue weighted by atomic mass is 17.1. The SMILES string of the molecule is CCOC(CCCCCCCCCCCCCCCOCCCCCCCCCCOC(=O)CCCCOO)CC(CCC1OC1CC(C)=O)C(=O)O. The van der Waals surface area contributed by atoms with Crippen LogP contribution in [0.1, 0.15) is 200 Å². The molecule has 1 aliphatic rings. The lowest BCUT2D eigenvalue weighted by molar-refractivity contribution is -0.242. The zero-order valence-corrected chi connectivity index (χ0v) is 34.0. The van der Waals surface area contributed by atoms with Gasteiger partial charge in [-0.3, -0.25) is 19.6 Å². The summed E-state index contributed by atoms with van der Waals surface area (Å²) in [7, 11) is 0. The fourth-order valence-corrected chi connectivity index (χ4v) is 7.11. The molecule has 2 N–H and O–H groups in total. The van der Waals surface area contributed by atoms with Gasteiger partial charge in [0.25, 0.3) is 0 Å². The van der Waals surface area contributed by atoms with Crippen LogP contribution in [0.15, 0.2) is 0 Å². The second-order valence-corrected chi connectivity index (χ2v) is 15.4. The minimum Gasteiger partial charge on any atom is -0.481 e. The molecule has 0 aromatic rings. The second kappa shape index (κ2) is 36.1. The number of rotatable bonds is 42. The first-order valence-electron chi connectivity index (χ1n) is 21.9. The van der Waals surface area contributed by atoms with Crippen molar-refractivity contribution in [2.45, 2.75) is 218 Å². The Labute approximate surface area is 323 Å². The van der Waals surface area contributed by atoms with Crippen LogP contribution in [0.3, 0.4) is 0 Å². The summed E-state index contributed by atoms with van der Waals surface area (Å²) in [4.78, 5) is 38.7. The first-order chi connectivity index (χ1) is 25.9. The molecule has 0 aromatic heterocycles. The highest BCUT2D eigenvalue weighted by molar-refractivity contribution is 5.76. The molecule has 4 atom stereocenters. The first-order valence-corrected chi connectivity index (χ1v) is 21.9. The van der Waals surface area contributed by atoms with E-state index in [1.165, 1.54) is 109 Å². The molecule has 0 bridgehead atoms. The number of ketones is 1. The number of epoxide rings is 1. The molecule has 312 valence electrons. The first kappa shape index (κ1) is 49.4. The van der Waals surface area contributed by atoms with Crippen molar-refractivity contribution in [3.8, 4) is 0 Å². The number of carboxylic acids is 1. The highest BCUT2D eigenvalue weighted by Crippen LogP contribution is 2.32. The second-order valence-electron chi connectivity index (χ2n) is 15.4. The van der Waals surface area contributed by atoms with E-state index in [1.807, 2.05) is 6.92 Å². The van der Waals surface area contributed by atoms with Gasteiger partial charge in [0.1, 0.15) is 5.78 Å². The Balaban J connectivity index is 1.81. The maximum absolute atomic E-state index is 11.9. The molecule has 0 aliphatic carbocycles. The molecule has 0 spiro atoms. The average Bonchev–Trinajstić information content (AvgIpc) is 3.87. The molecule has 0 aromatic carbocycles. The zero-order chi connectivity index (χ0) is 38.6. The van der Waals surface area contributed by atoms with Crippen LogP contribution in [-0.2, 0) is 38.2 Å². The summed E-state index contributed by atoms with van der Waals surface area (Å²) < 4.78 is 22.6. The van der Waals surface area contributed by atoms with Crippen LogP contribution in [0.5, 0.6) is 0 Å². The molecule has 1 rings (SSSR count). The number of hydrogen-bond acceptors (Lipinski definition) is 9. The third-order valence-corrected chi connectivity index (χ3v) is 10.4. The van der Waals surface area contributed by atoms with Crippen LogP contribution in [0.25, 0.3) is 0 Å². The lowest BCUT2D eigenvalue weighted by Crippen LogP contribution is -2.24. The van der Waals surface area contributed by atoms with Crippen LogP contribution in [-0.4, -0.2) is 79.4 Å². The van der Waals surface area contributed by atoms with Crippen LogP contribution in [0.4, 0.5) is 0 Å². The highest BCUT2D eigenvalue weighted by Gasteiger charge is 2.39. The van der Waals surface area contributed by atoms with Gasteiger partial charge in [0.2, 0.25) is 0 Å². The van der Waals surface area contributed by atoms with Crippen molar-refractivity contribution in [2.75, 3.05) is 33.0 Å². The molecule has 10 heteroatoms. The maximum Gasteiger partial charge on any atom is 0.306 e. The summed E-state index contributed by atoms with van der Waals surface area (Å²) in [6.07, 6.45) is 31.0. The Morgan fingerprint density at radius 3 is 1.60 bits per heavy atom. The van der Waals surface area contributed by atoms with Gasteiger partial charge in [-0.25, -0.2) is 4.89 Å². The molecule has 1 aliphatic heterocycles. The van der Waals surface area contributed by atoms with Crippen molar-refractivity contribution in [3.05, 3.63) is 0 Å². The number of esters is 1. The van der Waals surface area contributed by atoms with Crippen molar-refractivity contribution < 1.29 is 48.6 Å². The molecule has 4 unspecified atom stereocenters. The monoisotopic (exact) mass is 757 g/mol. The largest absolute Gasteiger partial charge is 0.481 e. The Morgan fingerprint density at radius 1 is 0.623 bits per heavy atom. The van der Waals surface area contributed by atoms with Gasteiger partial charge >= 0.3 is 11.9 Å². The van der Waals surface area contributed by atoms with E-state index in [9.17, 15) is 19.5 Å². The van der Waals surface area contributed by atoms with E-state index in [0.717, 1.165) is 45.3 Å².